The van der Waals surface area contributed by atoms with Crippen LogP contribution in [0.3, 0.4) is 0 Å². The zero-order chi connectivity index (χ0) is 17.4. The summed E-state index contributed by atoms with van der Waals surface area (Å²) in [5, 5.41) is 12.3. The molecule has 0 aliphatic heterocycles. The molecule has 0 aromatic heterocycles. The molecular formula is C18H21N2O3S-. The number of anilines is 1. The van der Waals surface area contributed by atoms with Gasteiger partial charge in [-0.1, -0.05) is 55.5 Å². The highest BCUT2D eigenvalue weighted by Gasteiger charge is 2.11. The van der Waals surface area contributed by atoms with Gasteiger partial charge in [0.05, 0.1) is 11.4 Å². The standard InChI is InChI=1S/C18H22N2O3S/c1-2-14-24(22,23)20-17-11-7-6-10-16(17)18(21)19-13-12-15-8-4-3-5-9-15/h3-11,20H,2,12-14H2,1H3,(H,19,21)/p-1. The second-order valence-electron chi connectivity index (χ2n) is 5.39. The molecule has 0 aliphatic rings. The minimum atomic E-state index is -3.45. The number of benzene rings is 2. The van der Waals surface area contributed by atoms with Crippen molar-refractivity contribution in [2.75, 3.05) is 17.0 Å². The van der Waals surface area contributed by atoms with Crippen molar-refractivity contribution in [2.24, 2.45) is 4.99 Å². The third-order valence-corrected chi connectivity index (χ3v) is 4.87. The fraction of sp³-hybridized carbons (Fsp3) is 0.278. The first-order chi connectivity index (χ1) is 11.5. The zero-order valence-electron chi connectivity index (χ0n) is 13.6. The van der Waals surface area contributed by atoms with E-state index in [1.54, 1.807) is 31.2 Å². The van der Waals surface area contributed by atoms with Gasteiger partial charge in [-0.05, 0) is 30.4 Å². The number of nitrogens with one attached hydrogen (secondary N) is 1. The Balaban J connectivity index is 2.11. The highest BCUT2D eigenvalue weighted by molar-refractivity contribution is 7.92. The van der Waals surface area contributed by atoms with Gasteiger partial charge in [-0.25, -0.2) is 8.42 Å². The van der Waals surface area contributed by atoms with E-state index in [1.807, 2.05) is 30.3 Å². The Morgan fingerprint density at radius 3 is 2.46 bits per heavy atom. The molecule has 0 atom stereocenters. The lowest BCUT2D eigenvalue weighted by atomic mass is 10.1. The SMILES string of the molecule is CCCS(=O)(=O)Nc1ccccc1C([O-])=NCCc1ccccc1. The Morgan fingerprint density at radius 1 is 1.08 bits per heavy atom. The molecule has 0 saturated heterocycles. The first-order valence-corrected chi connectivity index (χ1v) is 9.52. The van der Waals surface area contributed by atoms with E-state index in [1.165, 1.54) is 0 Å². The van der Waals surface area contributed by atoms with Crippen LogP contribution in [0.25, 0.3) is 0 Å². The number of hydrogen-bond donors (Lipinski definition) is 1. The van der Waals surface area contributed by atoms with Crippen molar-refractivity contribution in [1.82, 2.24) is 0 Å². The van der Waals surface area contributed by atoms with Gasteiger partial charge >= 0.3 is 0 Å². The normalized spacial score (nSPS) is 12.1. The Labute approximate surface area is 143 Å². The number of aliphatic imine (C=N–C) groups is 1. The summed E-state index contributed by atoms with van der Waals surface area (Å²) < 4.78 is 26.3. The van der Waals surface area contributed by atoms with Crippen molar-refractivity contribution in [3.8, 4) is 0 Å². The molecule has 0 bridgehead atoms. The van der Waals surface area contributed by atoms with Crippen molar-refractivity contribution in [1.29, 1.82) is 0 Å². The number of sulfonamides is 1. The largest absolute Gasteiger partial charge is 0.858 e. The maximum atomic E-state index is 12.3. The monoisotopic (exact) mass is 345 g/mol. The smallest absolute Gasteiger partial charge is 0.232 e. The van der Waals surface area contributed by atoms with Crippen molar-refractivity contribution in [2.45, 2.75) is 19.8 Å². The molecule has 0 saturated carbocycles. The van der Waals surface area contributed by atoms with E-state index >= 15 is 0 Å². The first-order valence-electron chi connectivity index (χ1n) is 7.87. The van der Waals surface area contributed by atoms with E-state index in [4.69, 9.17) is 0 Å². The predicted octanol–water partition coefficient (Wildman–Crippen LogP) is 2.19. The van der Waals surface area contributed by atoms with Crippen molar-refractivity contribution in [3.05, 3.63) is 65.7 Å². The number of para-hydroxylation sites is 1. The minimum absolute atomic E-state index is 0.0146. The molecule has 6 heteroatoms. The van der Waals surface area contributed by atoms with Crippen LogP contribution in [0.4, 0.5) is 5.69 Å². The lowest BCUT2D eigenvalue weighted by molar-refractivity contribution is -0.213. The molecule has 0 spiro atoms. The second-order valence-corrected chi connectivity index (χ2v) is 7.23. The summed E-state index contributed by atoms with van der Waals surface area (Å²) in [6.45, 7) is 2.15. The van der Waals surface area contributed by atoms with Crippen LogP contribution in [0.1, 0.15) is 24.5 Å². The fourth-order valence-electron chi connectivity index (χ4n) is 2.26. The molecule has 2 aromatic rings. The summed E-state index contributed by atoms with van der Waals surface area (Å²) >= 11 is 0. The molecule has 2 rings (SSSR count). The summed E-state index contributed by atoms with van der Waals surface area (Å²) in [7, 11) is -3.45. The lowest BCUT2D eigenvalue weighted by Gasteiger charge is -2.17. The van der Waals surface area contributed by atoms with Crippen LogP contribution in [0.5, 0.6) is 0 Å². The van der Waals surface area contributed by atoms with Crippen molar-refractivity contribution in [3.63, 3.8) is 0 Å². The molecule has 0 unspecified atom stereocenters. The van der Waals surface area contributed by atoms with Gasteiger partial charge in [0.2, 0.25) is 10.0 Å². The van der Waals surface area contributed by atoms with Gasteiger partial charge in [0.15, 0.2) is 0 Å². The molecule has 24 heavy (non-hydrogen) atoms. The predicted molar refractivity (Wildman–Crippen MR) is 95.7 cm³/mol. The van der Waals surface area contributed by atoms with Crippen LogP contribution < -0.4 is 9.83 Å². The molecule has 2 aromatic carbocycles. The van der Waals surface area contributed by atoms with Gasteiger partial charge in [0.1, 0.15) is 0 Å². The van der Waals surface area contributed by atoms with Crippen LogP contribution >= 0.6 is 0 Å². The van der Waals surface area contributed by atoms with Gasteiger partial charge in [-0.15, -0.1) is 0 Å². The number of rotatable bonds is 8. The van der Waals surface area contributed by atoms with Crippen LogP contribution in [0.2, 0.25) is 0 Å². The first kappa shape index (κ1) is 18.0. The van der Waals surface area contributed by atoms with Crippen molar-refractivity contribution < 1.29 is 13.5 Å². The summed E-state index contributed by atoms with van der Waals surface area (Å²) in [5.74, 6) is -0.401. The van der Waals surface area contributed by atoms with Crippen LogP contribution in [0.15, 0.2) is 59.6 Å². The second kappa shape index (κ2) is 8.49. The van der Waals surface area contributed by atoms with Crippen molar-refractivity contribution >= 4 is 21.6 Å². The highest BCUT2D eigenvalue weighted by Crippen LogP contribution is 2.16. The molecule has 128 valence electrons. The maximum Gasteiger partial charge on any atom is 0.232 e. The highest BCUT2D eigenvalue weighted by atomic mass is 32.2. The quantitative estimate of drug-likeness (QED) is 0.588. The van der Waals surface area contributed by atoms with E-state index in [0.29, 0.717) is 19.4 Å². The molecule has 0 radical (unpaired) electrons. The molecule has 0 fully saturated rings. The average Bonchev–Trinajstić information content (AvgIpc) is 2.55. The molecule has 1 N–H and O–H groups in total. The molecule has 5 nitrogen and oxygen atoms in total. The van der Waals surface area contributed by atoms with Crippen LogP contribution in [-0.4, -0.2) is 26.6 Å². The minimum Gasteiger partial charge on any atom is -0.858 e. The summed E-state index contributed by atoms with van der Waals surface area (Å²) in [5.41, 5.74) is 1.65. The van der Waals surface area contributed by atoms with E-state index in [2.05, 4.69) is 9.71 Å². The van der Waals surface area contributed by atoms with E-state index in [0.717, 1.165) is 5.56 Å². The van der Waals surface area contributed by atoms with E-state index in [9.17, 15) is 13.5 Å². The van der Waals surface area contributed by atoms with Gasteiger partial charge in [0.25, 0.3) is 0 Å². The Bertz CT molecular complexity index is 787. The number of nitrogens with zero attached hydrogens (tertiary/aromatic N) is 1. The Morgan fingerprint density at radius 2 is 1.75 bits per heavy atom. The zero-order valence-corrected chi connectivity index (χ0v) is 14.4. The van der Waals surface area contributed by atoms with Gasteiger partial charge in [-0.3, -0.25) is 4.72 Å². The fourth-order valence-corrected chi connectivity index (χ4v) is 3.41. The van der Waals surface area contributed by atoms with E-state index < -0.39 is 15.9 Å². The average molecular weight is 345 g/mol. The topological polar surface area (TPSA) is 81.6 Å². The van der Waals surface area contributed by atoms with Crippen LogP contribution in [0, 0.1) is 0 Å². The molecule has 0 heterocycles. The lowest BCUT2D eigenvalue weighted by Crippen LogP contribution is -2.24. The van der Waals surface area contributed by atoms with Gasteiger partial charge < -0.3 is 10.1 Å². The molecule has 0 amide bonds. The third-order valence-electron chi connectivity index (χ3n) is 3.39. The molecule has 0 aliphatic carbocycles. The van der Waals surface area contributed by atoms with Gasteiger partial charge in [0, 0.05) is 12.1 Å². The Hall–Kier alpha value is -2.34. The maximum absolute atomic E-state index is 12.3. The Kier molecular flexibility index (Phi) is 6.37. The van der Waals surface area contributed by atoms with Gasteiger partial charge in [-0.2, -0.15) is 0 Å². The van der Waals surface area contributed by atoms with Crippen LogP contribution in [-0.2, 0) is 16.4 Å². The summed E-state index contributed by atoms with van der Waals surface area (Å²) in [6, 6.07) is 16.3. The number of hydrogen-bond acceptors (Lipinski definition) is 4. The summed E-state index contributed by atoms with van der Waals surface area (Å²) in [4.78, 5) is 4.05. The third kappa shape index (κ3) is 5.38. The molecular weight excluding hydrogens is 324 g/mol. The summed E-state index contributed by atoms with van der Waals surface area (Å²) in [6.07, 6.45) is 1.17. The van der Waals surface area contributed by atoms with E-state index in [-0.39, 0.29) is 17.0 Å².